The number of hydrogen-bond donors (Lipinski definition) is 3. The van der Waals surface area contributed by atoms with Crippen molar-refractivity contribution in [2.75, 3.05) is 0 Å². The van der Waals surface area contributed by atoms with Crippen LogP contribution in [0.4, 0.5) is 4.79 Å². The Kier molecular flexibility index (Phi) is 11.5. The molecule has 198 valence electrons. The molecular weight excluding hydrogens is 446 g/mol. The van der Waals surface area contributed by atoms with Crippen LogP contribution < -0.4 is 10.6 Å². The van der Waals surface area contributed by atoms with Crippen molar-refractivity contribution in [2.24, 2.45) is 5.92 Å². The quantitative estimate of drug-likeness (QED) is 0.407. The fourth-order valence-electron chi connectivity index (χ4n) is 3.88. The number of benzene rings is 1. The molecular formula is C27H45N3O5. The number of carbonyl (C=O) groups is 3. The van der Waals surface area contributed by atoms with Crippen LogP contribution >= 0.6 is 0 Å². The van der Waals surface area contributed by atoms with Crippen LogP contribution in [0.1, 0.15) is 93.2 Å². The Balaban J connectivity index is 3.46. The van der Waals surface area contributed by atoms with E-state index in [1.165, 1.54) is 17.0 Å². The van der Waals surface area contributed by atoms with E-state index in [9.17, 15) is 19.5 Å². The SMILES string of the molecule is CCCC(C)NC(=O)C(c1ccc(O)cc1)N(C(=O)C(NC(=O)OC(C)(C)C)C(C)CC)C(C)C. The van der Waals surface area contributed by atoms with Gasteiger partial charge in [0.05, 0.1) is 0 Å². The van der Waals surface area contributed by atoms with Crippen molar-refractivity contribution in [3.8, 4) is 5.75 Å². The van der Waals surface area contributed by atoms with Gasteiger partial charge in [0.2, 0.25) is 11.8 Å². The minimum Gasteiger partial charge on any atom is -0.508 e. The van der Waals surface area contributed by atoms with Crippen molar-refractivity contribution in [3.05, 3.63) is 29.8 Å². The van der Waals surface area contributed by atoms with Crippen LogP contribution in [-0.2, 0) is 14.3 Å². The number of nitrogens with zero attached hydrogens (tertiary/aromatic N) is 1. The zero-order valence-electron chi connectivity index (χ0n) is 22.8. The van der Waals surface area contributed by atoms with Crippen LogP contribution in [0, 0.1) is 5.92 Å². The molecule has 0 fully saturated rings. The zero-order chi connectivity index (χ0) is 26.9. The van der Waals surface area contributed by atoms with E-state index in [0.29, 0.717) is 12.0 Å². The van der Waals surface area contributed by atoms with E-state index >= 15 is 0 Å². The lowest BCUT2D eigenvalue weighted by atomic mass is 9.94. The van der Waals surface area contributed by atoms with Gasteiger partial charge in [-0.2, -0.15) is 0 Å². The number of phenolic OH excluding ortho intramolecular Hbond substituents is 1. The van der Waals surface area contributed by atoms with Crippen LogP contribution in [0.25, 0.3) is 0 Å². The van der Waals surface area contributed by atoms with Gasteiger partial charge >= 0.3 is 6.09 Å². The average Bonchev–Trinajstić information content (AvgIpc) is 2.74. The summed E-state index contributed by atoms with van der Waals surface area (Å²) in [5, 5.41) is 15.6. The van der Waals surface area contributed by atoms with Gasteiger partial charge in [0.25, 0.3) is 0 Å². The summed E-state index contributed by atoms with van der Waals surface area (Å²) >= 11 is 0. The summed E-state index contributed by atoms with van der Waals surface area (Å²) in [5.41, 5.74) is -0.138. The number of rotatable bonds is 11. The Bertz CT molecular complexity index is 832. The van der Waals surface area contributed by atoms with Gasteiger partial charge in [0.1, 0.15) is 23.4 Å². The van der Waals surface area contributed by atoms with Crippen molar-refractivity contribution in [2.45, 2.75) is 111 Å². The summed E-state index contributed by atoms with van der Waals surface area (Å²) in [5.74, 6) is -0.798. The van der Waals surface area contributed by atoms with Gasteiger partial charge in [-0.15, -0.1) is 0 Å². The topological polar surface area (TPSA) is 108 Å². The maximum absolute atomic E-state index is 14.0. The summed E-state index contributed by atoms with van der Waals surface area (Å²) in [7, 11) is 0. The van der Waals surface area contributed by atoms with Crippen molar-refractivity contribution in [1.29, 1.82) is 0 Å². The maximum Gasteiger partial charge on any atom is 0.408 e. The lowest BCUT2D eigenvalue weighted by Crippen LogP contribution is -2.57. The number of ether oxygens (including phenoxy) is 1. The Morgan fingerprint density at radius 2 is 1.57 bits per heavy atom. The first-order valence-corrected chi connectivity index (χ1v) is 12.6. The van der Waals surface area contributed by atoms with Gasteiger partial charge in [-0.25, -0.2) is 4.79 Å². The molecule has 0 aliphatic heterocycles. The molecule has 0 aromatic heterocycles. The summed E-state index contributed by atoms with van der Waals surface area (Å²) in [4.78, 5) is 41.7. The molecule has 4 atom stereocenters. The maximum atomic E-state index is 14.0. The van der Waals surface area contributed by atoms with Crippen molar-refractivity contribution in [1.82, 2.24) is 15.5 Å². The first-order valence-electron chi connectivity index (χ1n) is 12.6. The molecule has 8 nitrogen and oxygen atoms in total. The zero-order valence-corrected chi connectivity index (χ0v) is 22.8. The monoisotopic (exact) mass is 491 g/mol. The first kappa shape index (κ1) is 30.3. The number of amides is 3. The number of phenols is 1. The van der Waals surface area contributed by atoms with E-state index in [1.54, 1.807) is 32.9 Å². The van der Waals surface area contributed by atoms with E-state index in [0.717, 1.165) is 12.8 Å². The molecule has 0 spiro atoms. The molecule has 35 heavy (non-hydrogen) atoms. The molecule has 0 aliphatic rings. The Hall–Kier alpha value is -2.77. The summed E-state index contributed by atoms with van der Waals surface area (Å²) in [6, 6.07) is 4.06. The second-order valence-corrected chi connectivity index (χ2v) is 10.5. The molecule has 0 radical (unpaired) electrons. The number of carbonyl (C=O) groups excluding carboxylic acids is 3. The van der Waals surface area contributed by atoms with E-state index in [1.807, 2.05) is 41.5 Å². The van der Waals surface area contributed by atoms with Crippen LogP contribution in [-0.4, -0.2) is 51.6 Å². The highest BCUT2D eigenvalue weighted by Crippen LogP contribution is 2.28. The fraction of sp³-hybridized carbons (Fsp3) is 0.667. The predicted molar refractivity (Wildman–Crippen MR) is 138 cm³/mol. The highest BCUT2D eigenvalue weighted by molar-refractivity contribution is 5.92. The molecule has 0 aliphatic carbocycles. The average molecular weight is 492 g/mol. The van der Waals surface area contributed by atoms with Crippen molar-refractivity contribution in [3.63, 3.8) is 0 Å². The summed E-state index contributed by atoms with van der Waals surface area (Å²) in [6.07, 6.45) is 1.68. The molecule has 0 heterocycles. The largest absolute Gasteiger partial charge is 0.508 e. The standard InChI is InChI=1S/C27H45N3O5/c1-10-12-19(6)28-24(32)23(20-13-15-21(31)16-14-20)30(17(3)4)25(33)22(18(5)11-2)29-26(34)35-27(7,8)9/h13-19,22-23,31H,10-12H2,1-9H3,(H,28,32)(H,29,34). The van der Waals surface area contributed by atoms with Crippen LogP contribution in [0.5, 0.6) is 5.75 Å². The van der Waals surface area contributed by atoms with E-state index < -0.39 is 23.8 Å². The number of hydrogen-bond acceptors (Lipinski definition) is 5. The molecule has 0 saturated carbocycles. The number of alkyl carbamates (subject to hydrolysis) is 1. The molecule has 1 aromatic rings. The Morgan fingerprint density at radius 3 is 2.03 bits per heavy atom. The van der Waals surface area contributed by atoms with E-state index in [-0.39, 0.29) is 35.6 Å². The molecule has 1 aromatic carbocycles. The second kappa shape index (κ2) is 13.4. The third-order valence-electron chi connectivity index (χ3n) is 5.81. The smallest absolute Gasteiger partial charge is 0.408 e. The third kappa shape index (κ3) is 9.42. The van der Waals surface area contributed by atoms with Crippen molar-refractivity contribution < 1.29 is 24.2 Å². The second-order valence-electron chi connectivity index (χ2n) is 10.5. The normalized spacial score (nSPS) is 15.0. The third-order valence-corrected chi connectivity index (χ3v) is 5.81. The summed E-state index contributed by atoms with van der Waals surface area (Å²) < 4.78 is 5.41. The fourth-order valence-corrected chi connectivity index (χ4v) is 3.88. The minimum absolute atomic E-state index is 0.0681. The first-order chi connectivity index (χ1) is 16.2. The van der Waals surface area contributed by atoms with Gasteiger partial charge in [0.15, 0.2) is 0 Å². The molecule has 4 unspecified atom stereocenters. The van der Waals surface area contributed by atoms with Gasteiger partial charge in [-0.3, -0.25) is 9.59 Å². The highest BCUT2D eigenvalue weighted by Gasteiger charge is 2.39. The van der Waals surface area contributed by atoms with E-state index in [4.69, 9.17) is 4.74 Å². The molecule has 0 saturated heterocycles. The van der Waals surface area contributed by atoms with Crippen LogP contribution in [0.2, 0.25) is 0 Å². The highest BCUT2D eigenvalue weighted by atomic mass is 16.6. The Labute approximate surface area is 210 Å². The lowest BCUT2D eigenvalue weighted by Gasteiger charge is -2.38. The molecule has 0 bridgehead atoms. The molecule has 8 heteroatoms. The lowest BCUT2D eigenvalue weighted by molar-refractivity contribution is -0.145. The van der Waals surface area contributed by atoms with Gasteiger partial charge in [0, 0.05) is 12.1 Å². The predicted octanol–water partition coefficient (Wildman–Crippen LogP) is 4.91. The molecule has 3 N–H and O–H groups in total. The van der Waals surface area contributed by atoms with Crippen LogP contribution in [0.3, 0.4) is 0 Å². The number of aromatic hydroxyl groups is 1. The van der Waals surface area contributed by atoms with E-state index in [2.05, 4.69) is 10.6 Å². The van der Waals surface area contributed by atoms with Crippen LogP contribution in [0.15, 0.2) is 24.3 Å². The van der Waals surface area contributed by atoms with Gasteiger partial charge in [-0.05, 0) is 71.6 Å². The van der Waals surface area contributed by atoms with Crippen molar-refractivity contribution >= 4 is 17.9 Å². The summed E-state index contributed by atoms with van der Waals surface area (Å²) in [6.45, 7) is 16.8. The van der Waals surface area contributed by atoms with Gasteiger partial charge in [-0.1, -0.05) is 45.7 Å². The van der Waals surface area contributed by atoms with Gasteiger partial charge < -0.3 is 25.4 Å². The number of nitrogens with one attached hydrogen (secondary N) is 2. The molecule has 1 rings (SSSR count). The Morgan fingerprint density at radius 1 is 1.00 bits per heavy atom. The molecule has 3 amide bonds. The minimum atomic E-state index is -0.936.